The van der Waals surface area contributed by atoms with Crippen LogP contribution in [0.3, 0.4) is 0 Å². The number of nitrogens with zero attached hydrogens (tertiary/aromatic N) is 3. The minimum atomic E-state index is -0.0581. The van der Waals surface area contributed by atoms with Crippen LogP contribution in [-0.4, -0.2) is 40.6 Å². The third-order valence-electron chi connectivity index (χ3n) is 4.85. The summed E-state index contributed by atoms with van der Waals surface area (Å²) in [6.45, 7) is 5.59. The number of amides is 1. The highest BCUT2D eigenvalue weighted by Crippen LogP contribution is 2.21. The van der Waals surface area contributed by atoms with Crippen LogP contribution in [0.1, 0.15) is 22.6 Å². The van der Waals surface area contributed by atoms with Crippen LogP contribution in [-0.2, 0) is 16.1 Å². The second-order valence-corrected chi connectivity index (χ2v) is 6.90. The van der Waals surface area contributed by atoms with Crippen molar-refractivity contribution in [2.45, 2.75) is 20.4 Å². The summed E-state index contributed by atoms with van der Waals surface area (Å²) in [5.41, 5.74) is 5.23. The van der Waals surface area contributed by atoms with E-state index in [1.807, 2.05) is 42.5 Å². The highest BCUT2D eigenvalue weighted by atomic mass is 16.5. The van der Waals surface area contributed by atoms with Crippen molar-refractivity contribution in [1.82, 2.24) is 14.5 Å². The van der Waals surface area contributed by atoms with Crippen molar-refractivity contribution in [3.8, 4) is 5.69 Å². The molecule has 0 fully saturated rings. The molecule has 0 aliphatic carbocycles. The van der Waals surface area contributed by atoms with Crippen molar-refractivity contribution in [1.29, 1.82) is 0 Å². The number of rotatable bonds is 8. The Labute approximate surface area is 172 Å². The molecule has 150 valence electrons. The summed E-state index contributed by atoms with van der Waals surface area (Å²) >= 11 is 0. The normalized spacial score (nSPS) is 11.1. The van der Waals surface area contributed by atoms with Crippen LogP contribution in [0.15, 0.2) is 66.9 Å². The van der Waals surface area contributed by atoms with Gasteiger partial charge in [0, 0.05) is 43.0 Å². The number of hydrogen-bond acceptors (Lipinski definition) is 3. The summed E-state index contributed by atoms with van der Waals surface area (Å²) in [6, 6.07) is 18.0. The van der Waals surface area contributed by atoms with Gasteiger partial charge in [-0.2, -0.15) is 0 Å². The predicted octanol–water partition coefficient (Wildman–Crippen LogP) is 4.18. The lowest BCUT2D eigenvalue weighted by atomic mass is 10.2. The molecule has 5 heteroatoms. The zero-order valence-corrected chi connectivity index (χ0v) is 17.2. The van der Waals surface area contributed by atoms with Gasteiger partial charge in [0.05, 0.1) is 18.8 Å². The molecule has 29 heavy (non-hydrogen) atoms. The Balaban J connectivity index is 1.79. The first kappa shape index (κ1) is 20.6. The monoisotopic (exact) mass is 389 g/mol. The topological polar surface area (TPSA) is 47.4 Å². The fourth-order valence-corrected chi connectivity index (χ4v) is 3.35. The van der Waals surface area contributed by atoms with Crippen molar-refractivity contribution < 1.29 is 9.53 Å². The Bertz CT molecular complexity index is 963. The maximum absolute atomic E-state index is 12.8. The van der Waals surface area contributed by atoms with Gasteiger partial charge in [-0.15, -0.1) is 0 Å². The lowest BCUT2D eigenvalue weighted by Gasteiger charge is -2.20. The Morgan fingerprint density at radius 2 is 1.90 bits per heavy atom. The number of para-hydroxylation sites is 1. The first-order valence-corrected chi connectivity index (χ1v) is 9.70. The Kier molecular flexibility index (Phi) is 6.98. The predicted molar refractivity (Wildman–Crippen MR) is 116 cm³/mol. The molecular weight excluding hydrogens is 362 g/mol. The average molecular weight is 389 g/mol. The molecule has 1 aromatic carbocycles. The standard InChI is InChI=1S/C24H27N3O2/c1-19-17-21(20(2)27(19)23-10-5-4-6-11-23)12-13-24(28)26(15-16-29-3)18-22-9-7-8-14-25-22/h4-14,17H,15-16,18H2,1-3H3. The van der Waals surface area contributed by atoms with Crippen molar-refractivity contribution in [3.05, 3.63) is 89.5 Å². The molecule has 0 spiro atoms. The number of methoxy groups -OCH3 is 1. The third-order valence-corrected chi connectivity index (χ3v) is 4.85. The maximum Gasteiger partial charge on any atom is 0.247 e. The molecule has 2 heterocycles. The number of ether oxygens (including phenoxy) is 1. The van der Waals surface area contributed by atoms with Crippen LogP contribution in [0.2, 0.25) is 0 Å². The van der Waals surface area contributed by atoms with E-state index in [-0.39, 0.29) is 5.91 Å². The van der Waals surface area contributed by atoms with Gasteiger partial charge in [0.15, 0.2) is 0 Å². The second kappa shape index (κ2) is 9.85. The number of pyridine rings is 1. The molecule has 1 amide bonds. The molecule has 0 N–H and O–H groups in total. The van der Waals surface area contributed by atoms with E-state index in [0.29, 0.717) is 19.7 Å². The number of carbonyl (C=O) groups is 1. The van der Waals surface area contributed by atoms with Gasteiger partial charge in [0.25, 0.3) is 0 Å². The number of hydrogen-bond donors (Lipinski definition) is 0. The SMILES string of the molecule is COCCN(Cc1ccccn1)C(=O)C=Cc1cc(C)n(-c2ccccc2)c1C. The number of aromatic nitrogens is 2. The molecule has 3 aromatic rings. The zero-order valence-electron chi connectivity index (χ0n) is 17.2. The molecule has 0 saturated heterocycles. The highest BCUT2D eigenvalue weighted by Gasteiger charge is 2.13. The average Bonchev–Trinajstić information content (AvgIpc) is 3.03. The number of carbonyl (C=O) groups excluding carboxylic acids is 1. The van der Waals surface area contributed by atoms with Crippen molar-refractivity contribution in [3.63, 3.8) is 0 Å². The van der Waals surface area contributed by atoms with Crippen LogP contribution < -0.4 is 0 Å². The van der Waals surface area contributed by atoms with Crippen LogP contribution in [0, 0.1) is 13.8 Å². The molecule has 0 atom stereocenters. The smallest absolute Gasteiger partial charge is 0.247 e. The van der Waals surface area contributed by atoms with Crippen molar-refractivity contribution >= 4 is 12.0 Å². The van der Waals surface area contributed by atoms with Gasteiger partial charge in [0.1, 0.15) is 0 Å². The highest BCUT2D eigenvalue weighted by molar-refractivity contribution is 5.92. The second-order valence-electron chi connectivity index (χ2n) is 6.90. The minimum Gasteiger partial charge on any atom is -0.383 e. The minimum absolute atomic E-state index is 0.0581. The lowest BCUT2D eigenvalue weighted by Crippen LogP contribution is -2.32. The molecule has 0 aliphatic rings. The van der Waals surface area contributed by atoms with E-state index < -0.39 is 0 Å². The Morgan fingerprint density at radius 1 is 1.14 bits per heavy atom. The zero-order chi connectivity index (χ0) is 20.6. The largest absolute Gasteiger partial charge is 0.383 e. The van der Waals surface area contributed by atoms with Gasteiger partial charge in [-0.1, -0.05) is 24.3 Å². The van der Waals surface area contributed by atoms with E-state index in [0.717, 1.165) is 28.3 Å². The van der Waals surface area contributed by atoms with E-state index in [2.05, 4.69) is 41.6 Å². The van der Waals surface area contributed by atoms with Gasteiger partial charge in [-0.3, -0.25) is 9.78 Å². The molecule has 0 saturated carbocycles. The third kappa shape index (κ3) is 5.21. The van der Waals surface area contributed by atoms with E-state index in [9.17, 15) is 4.79 Å². The van der Waals surface area contributed by atoms with Gasteiger partial charge in [0.2, 0.25) is 5.91 Å². The van der Waals surface area contributed by atoms with Gasteiger partial charge in [-0.05, 0) is 55.8 Å². The summed E-state index contributed by atoms with van der Waals surface area (Å²) in [7, 11) is 1.64. The quantitative estimate of drug-likeness (QED) is 0.543. The first-order valence-electron chi connectivity index (χ1n) is 9.70. The van der Waals surface area contributed by atoms with E-state index in [1.165, 1.54) is 0 Å². The van der Waals surface area contributed by atoms with Gasteiger partial charge in [-0.25, -0.2) is 0 Å². The van der Waals surface area contributed by atoms with Gasteiger partial charge < -0.3 is 14.2 Å². The molecule has 3 rings (SSSR count). The van der Waals surface area contributed by atoms with Crippen LogP contribution >= 0.6 is 0 Å². The first-order chi connectivity index (χ1) is 14.1. The summed E-state index contributed by atoms with van der Waals surface area (Å²) in [5, 5.41) is 0. The summed E-state index contributed by atoms with van der Waals surface area (Å²) in [4.78, 5) is 18.9. The Hall–Kier alpha value is -3.18. The van der Waals surface area contributed by atoms with Gasteiger partial charge >= 0.3 is 0 Å². The maximum atomic E-state index is 12.8. The number of benzene rings is 1. The van der Waals surface area contributed by atoms with Crippen LogP contribution in [0.5, 0.6) is 0 Å². The molecule has 0 unspecified atom stereocenters. The lowest BCUT2D eigenvalue weighted by molar-refractivity contribution is -0.127. The fourth-order valence-electron chi connectivity index (χ4n) is 3.35. The summed E-state index contributed by atoms with van der Waals surface area (Å²) in [5.74, 6) is -0.0581. The number of aryl methyl sites for hydroxylation is 1. The van der Waals surface area contributed by atoms with Crippen molar-refractivity contribution in [2.75, 3.05) is 20.3 Å². The molecule has 0 radical (unpaired) electrons. The van der Waals surface area contributed by atoms with Crippen molar-refractivity contribution in [2.24, 2.45) is 0 Å². The van der Waals surface area contributed by atoms with E-state index in [4.69, 9.17) is 4.74 Å². The van der Waals surface area contributed by atoms with Crippen LogP contribution in [0.4, 0.5) is 0 Å². The molecule has 2 aromatic heterocycles. The molecule has 5 nitrogen and oxygen atoms in total. The fraction of sp³-hybridized carbons (Fsp3) is 0.250. The Morgan fingerprint density at radius 3 is 2.59 bits per heavy atom. The summed E-state index contributed by atoms with van der Waals surface area (Å²) < 4.78 is 7.36. The van der Waals surface area contributed by atoms with E-state index >= 15 is 0 Å². The molecular formula is C24H27N3O2. The summed E-state index contributed by atoms with van der Waals surface area (Å²) in [6.07, 6.45) is 5.26. The molecule has 0 aliphatic heterocycles. The van der Waals surface area contributed by atoms with Crippen LogP contribution in [0.25, 0.3) is 11.8 Å². The molecule has 0 bridgehead atoms. The van der Waals surface area contributed by atoms with E-state index in [1.54, 1.807) is 24.3 Å².